The molecular formula is C7H12O6. The summed E-state index contributed by atoms with van der Waals surface area (Å²) in [4.78, 5) is 20.9. The van der Waals surface area contributed by atoms with Crippen LogP contribution in [0.3, 0.4) is 0 Å². The Morgan fingerprint density at radius 1 is 1.46 bits per heavy atom. The first kappa shape index (κ1) is 11.9. The van der Waals surface area contributed by atoms with Gasteiger partial charge in [-0.3, -0.25) is 4.79 Å². The molecule has 13 heavy (non-hydrogen) atoms. The van der Waals surface area contributed by atoms with Crippen molar-refractivity contribution >= 4 is 11.9 Å². The third-order valence-corrected chi connectivity index (χ3v) is 1.11. The summed E-state index contributed by atoms with van der Waals surface area (Å²) in [5, 5.41) is 16.5. The number of carbonyl (C=O) groups is 2. The molecule has 0 bridgehead atoms. The van der Waals surface area contributed by atoms with Crippen molar-refractivity contribution in [3.05, 3.63) is 0 Å². The summed E-state index contributed by atoms with van der Waals surface area (Å²) in [6.07, 6.45) is -0.933. The number of carboxylic acid groups (broad SMARTS) is 1. The number of ether oxygens (including phenoxy) is 2. The second kappa shape index (κ2) is 6.38. The van der Waals surface area contributed by atoms with E-state index in [1.807, 2.05) is 0 Å². The minimum Gasteiger partial charge on any atom is -0.481 e. The molecule has 0 radical (unpaired) electrons. The molecule has 2 N–H and O–H groups in total. The molecule has 0 saturated heterocycles. The van der Waals surface area contributed by atoms with Gasteiger partial charge in [-0.05, 0) is 6.92 Å². The zero-order valence-electron chi connectivity index (χ0n) is 7.23. The van der Waals surface area contributed by atoms with Gasteiger partial charge in [-0.2, -0.15) is 0 Å². The van der Waals surface area contributed by atoms with Gasteiger partial charge in [0.1, 0.15) is 19.5 Å². The lowest BCUT2D eigenvalue weighted by Gasteiger charge is -2.10. The number of aliphatic carboxylic acids is 1. The monoisotopic (exact) mass is 192 g/mol. The van der Waals surface area contributed by atoms with Crippen LogP contribution < -0.4 is 0 Å². The van der Waals surface area contributed by atoms with Crippen LogP contribution in [0.4, 0.5) is 0 Å². The summed E-state index contributed by atoms with van der Waals surface area (Å²) in [7, 11) is 0. The Kier molecular flexibility index (Phi) is 5.82. The van der Waals surface area contributed by atoms with Crippen LogP contribution in [-0.4, -0.2) is 41.7 Å². The molecule has 0 heterocycles. The highest BCUT2D eigenvalue weighted by molar-refractivity contribution is 5.72. The van der Waals surface area contributed by atoms with E-state index in [0.29, 0.717) is 0 Å². The van der Waals surface area contributed by atoms with Crippen molar-refractivity contribution in [2.75, 3.05) is 13.4 Å². The Labute approximate surface area is 75.1 Å². The van der Waals surface area contributed by atoms with Gasteiger partial charge in [-0.25, -0.2) is 4.79 Å². The maximum atomic E-state index is 10.7. The average Bonchev–Trinajstić information content (AvgIpc) is 1.98. The Morgan fingerprint density at radius 3 is 2.54 bits per heavy atom. The second-order valence-corrected chi connectivity index (χ2v) is 2.38. The number of esters is 1. The first-order valence-corrected chi connectivity index (χ1v) is 3.66. The minimum atomic E-state index is -1.04. The Bertz CT molecular complexity index is 178. The van der Waals surface area contributed by atoms with Crippen molar-refractivity contribution in [2.45, 2.75) is 19.4 Å². The molecule has 0 aromatic heterocycles. The fourth-order valence-corrected chi connectivity index (χ4v) is 0.675. The average molecular weight is 192 g/mol. The van der Waals surface area contributed by atoms with E-state index in [1.54, 1.807) is 0 Å². The van der Waals surface area contributed by atoms with Crippen molar-refractivity contribution in [2.24, 2.45) is 0 Å². The van der Waals surface area contributed by atoms with E-state index < -0.39 is 24.8 Å². The molecule has 0 aromatic rings. The van der Waals surface area contributed by atoms with Crippen molar-refractivity contribution in [1.29, 1.82) is 0 Å². The van der Waals surface area contributed by atoms with Crippen LogP contribution in [-0.2, 0) is 19.1 Å². The smallest absolute Gasteiger partial charge is 0.332 e. The van der Waals surface area contributed by atoms with Crippen LogP contribution in [0.1, 0.15) is 13.3 Å². The molecular weight excluding hydrogens is 180 g/mol. The highest BCUT2D eigenvalue weighted by atomic mass is 16.6. The number of carbonyl (C=O) groups excluding carboxylic acids is 1. The van der Waals surface area contributed by atoms with Crippen LogP contribution in [0.5, 0.6) is 0 Å². The molecule has 0 aromatic carbocycles. The summed E-state index contributed by atoms with van der Waals surface area (Å²) in [6.45, 7) is 0.522. The standard InChI is InChI=1S/C7H12O6/c1-5(2-6(9)10)13-7(11)3-12-4-8/h5,8H,2-4H2,1H3,(H,9,10). The molecule has 0 aliphatic carbocycles. The number of hydrogen-bond donors (Lipinski definition) is 2. The summed E-state index contributed by atoms with van der Waals surface area (Å²) in [5.41, 5.74) is 0. The number of aliphatic hydroxyl groups excluding tert-OH is 1. The van der Waals surface area contributed by atoms with Gasteiger partial charge < -0.3 is 19.7 Å². The molecule has 0 aliphatic heterocycles. The quantitative estimate of drug-likeness (QED) is 0.429. The van der Waals surface area contributed by atoms with Gasteiger partial charge in [0.25, 0.3) is 0 Å². The third-order valence-electron chi connectivity index (χ3n) is 1.11. The SMILES string of the molecule is CC(CC(=O)O)OC(=O)COCO. The third kappa shape index (κ3) is 7.23. The van der Waals surface area contributed by atoms with E-state index in [-0.39, 0.29) is 13.0 Å². The molecule has 0 fully saturated rings. The molecule has 0 spiro atoms. The van der Waals surface area contributed by atoms with Crippen molar-refractivity contribution in [1.82, 2.24) is 0 Å². The Balaban J connectivity index is 3.59. The summed E-state index contributed by atoms with van der Waals surface area (Å²) in [5.74, 6) is -1.73. The molecule has 6 nitrogen and oxygen atoms in total. The molecule has 0 amide bonds. The molecule has 6 heteroatoms. The Hall–Kier alpha value is -1.14. The van der Waals surface area contributed by atoms with E-state index in [0.717, 1.165) is 0 Å². The number of rotatable bonds is 6. The van der Waals surface area contributed by atoms with Crippen molar-refractivity contribution < 1.29 is 29.3 Å². The molecule has 0 aliphatic rings. The predicted molar refractivity (Wildman–Crippen MR) is 40.8 cm³/mol. The van der Waals surface area contributed by atoms with Gasteiger partial charge in [-0.1, -0.05) is 0 Å². The van der Waals surface area contributed by atoms with Gasteiger partial charge in [0, 0.05) is 0 Å². The second-order valence-electron chi connectivity index (χ2n) is 2.38. The van der Waals surface area contributed by atoms with Crippen LogP contribution >= 0.6 is 0 Å². The van der Waals surface area contributed by atoms with E-state index in [9.17, 15) is 9.59 Å². The summed E-state index contributed by atoms with van der Waals surface area (Å²) >= 11 is 0. The first-order valence-electron chi connectivity index (χ1n) is 3.66. The zero-order valence-corrected chi connectivity index (χ0v) is 7.23. The lowest BCUT2D eigenvalue weighted by molar-refractivity contribution is -0.159. The van der Waals surface area contributed by atoms with Gasteiger partial charge >= 0.3 is 11.9 Å². The number of hydrogen-bond acceptors (Lipinski definition) is 5. The summed E-state index contributed by atoms with van der Waals surface area (Å²) < 4.78 is 8.94. The van der Waals surface area contributed by atoms with Gasteiger partial charge in [-0.15, -0.1) is 0 Å². The highest BCUT2D eigenvalue weighted by Gasteiger charge is 2.12. The molecule has 76 valence electrons. The fraction of sp³-hybridized carbons (Fsp3) is 0.714. The van der Waals surface area contributed by atoms with Gasteiger partial charge in [0.2, 0.25) is 0 Å². The maximum absolute atomic E-state index is 10.7. The zero-order chi connectivity index (χ0) is 10.3. The van der Waals surface area contributed by atoms with E-state index in [4.69, 9.17) is 10.2 Å². The number of aliphatic hydroxyl groups is 1. The van der Waals surface area contributed by atoms with E-state index >= 15 is 0 Å². The first-order chi connectivity index (χ1) is 6.06. The van der Waals surface area contributed by atoms with Crippen LogP contribution in [0.2, 0.25) is 0 Å². The number of carboxylic acids is 1. The molecule has 0 rings (SSSR count). The maximum Gasteiger partial charge on any atom is 0.332 e. The Morgan fingerprint density at radius 2 is 2.08 bits per heavy atom. The molecule has 1 atom stereocenters. The minimum absolute atomic E-state index is 0.245. The topological polar surface area (TPSA) is 93.1 Å². The van der Waals surface area contributed by atoms with Crippen LogP contribution in [0, 0.1) is 0 Å². The van der Waals surface area contributed by atoms with Gasteiger partial charge in [0.05, 0.1) is 6.42 Å². The largest absolute Gasteiger partial charge is 0.481 e. The van der Waals surface area contributed by atoms with Crippen LogP contribution in [0.15, 0.2) is 0 Å². The van der Waals surface area contributed by atoms with Crippen LogP contribution in [0.25, 0.3) is 0 Å². The van der Waals surface area contributed by atoms with E-state index in [1.165, 1.54) is 6.92 Å². The van der Waals surface area contributed by atoms with Crippen molar-refractivity contribution in [3.63, 3.8) is 0 Å². The van der Waals surface area contributed by atoms with Gasteiger partial charge in [0.15, 0.2) is 0 Å². The lowest BCUT2D eigenvalue weighted by atomic mass is 10.3. The highest BCUT2D eigenvalue weighted by Crippen LogP contribution is 1.97. The normalized spacial score (nSPS) is 12.2. The molecule has 0 saturated carbocycles. The van der Waals surface area contributed by atoms with Crippen molar-refractivity contribution in [3.8, 4) is 0 Å². The van der Waals surface area contributed by atoms with E-state index in [2.05, 4.69) is 9.47 Å². The predicted octanol–water partition coefficient (Wildman–Crippen LogP) is -0.641. The fourth-order valence-electron chi connectivity index (χ4n) is 0.675. The summed E-state index contributed by atoms with van der Waals surface area (Å²) in [6, 6.07) is 0. The lowest BCUT2D eigenvalue weighted by Crippen LogP contribution is -2.21. The molecule has 1 unspecified atom stereocenters.